The highest BCUT2D eigenvalue weighted by Gasteiger charge is 2.02. The minimum Gasteiger partial charge on any atom is -0.465 e. The van der Waals surface area contributed by atoms with Crippen molar-refractivity contribution < 1.29 is 9.53 Å². The molecule has 1 aromatic carbocycles. The van der Waals surface area contributed by atoms with E-state index in [0.29, 0.717) is 13.0 Å². The Kier molecular flexibility index (Phi) is 6.90. The summed E-state index contributed by atoms with van der Waals surface area (Å²) in [6.07, 6.45) is 3.24. The standard InChI is InChI=1S/C13H17BrO2/c14-10-5-4-8-13(15)16-11-9-12-6-2-1-3-7-12/h1-3,6-7H,4-5,8-11H2. The number of alkyl halides is 1. The molecule has 0 amide bonds. The van der Waals surface area contributed by atoms with E-state index in [9.17, 15) is 4.79 Å². The fourth-order valence-corrected chi connectivity index (χ4v) is 1.76. The zero-order valence-corrected chi connectivity index (χ0v) is 10.9. The van der Waals surface area contributed by atoms with Crippen LogP contribution in [0.3, 0.4) is 0 Å². The van der Waals surface area contributed by atoms with Crippen molar-refractivity contribution in [1.82, 2.24) is 0 Å². The summed E-state index contributed by atoms with van der Waals surface area (Å²) >= 11 is 3.33. The van der Waals surface area contributed by atoms with E-state index in [1.165, 1.54) is 5.56 Å². The van der Waals surface area contributed by atoms with E-state index in [0.717, 1.165) is 24.6 Å². The van der Waals surface area contributed by atoms with Crippen LogP contribution in [0.2, 0.25) is 0 Å². The first-order valence-electron chi connectivity index (χ1n) is 5.58. The van der Waals surface area contributed by atoms with Crippen molar-refractivity contribution in [2.24, 2.45) is 0 Å². The molecule has 0 aliphatic heterocycles. The number of hydrogen-bond donors (Lipinski definition) is 0. The number of benzene rings is 1. The van der Waals surface area contributed by atoms with Crippen LogP contribution in [0.5, 0.6) is 0 Å². The maximum atomic E-state index is 11.3. The third kappa shape index (κ3) is 5.91. The molecular weight excluding hydrogens is 268 g/mol. The molecule has 0 spiro atoms. The summed E-state index contributed by atoms with van der Waals surface area (Å²) < 4.78 is 5.14. The normalized spacial score (nSPS) is 10.1. The summed E-state index contributed by atoms with van der Waals surface area (Å²) in [6, 6.07) is 10.0. The zero-order chi connectivity index (χ0) is 11.6. The summed E-state index contributed by atoms with van der Waals surface area (Å²) in [5.74, 6) is -0.0862. The van der Waals surface area contributed by atoms with E-state index in [4.69, 9.17) is 4.74 Å². The van der Waals surface area contributed by atoms with Crippen LogP contribution in [-0.2, 0) is 16.0 Å². The molecule has 0 atom stereocenters. The Morgan fingerprint density at radius 2 is 1.94 bits per heavy atom. The average molecular weight is 285 g/mol. The predicted molar refractivity (Wildman–Crippen MR) is 68.8 cm³/mol. The predicted octanol–water partition coefficient (Wildman–Crippen LogP) is 3.34. The molecule has 0 bridgehead atoms. The van der Waals surface area contributed by atoms with Crippen molar-refractivity contribution in [2.45, 2.75) is 25.7 Å². The van der Waals surface area contributed by atoms with Crippen LogP contribution in [0.1, 0.15) is 24.8 Å². The van der Waals surface area contributed by atoms with Gasteiger partial charge in [0.25, 0.3) is 0 Å². The van der Waals surface area contributed by atoms with Crippen molar-refractivity contribution in [1.29, 1.82) is 0 Å². The van der Waals surface area contributed by atoms with Gasteiger partial charge in [-0.05, 0) is 18.4 Å². The lowest BCUT2D eigenvalue weighted by molar-refractivity contribution is -0.143. The number of rotatable bonds is 7. The van der Waals surface area contributed by atoms with Crippen molar-refractivity contribution in [3.8, 4) is 0 Å². The van der Waals surface area contributed by atoms with Crippen LogP contribution in [0.4, 0.5) is 0 Å². The molecule has 2 nitrogen and oxygen atoms in total. The Morgan fingerprint density at radius 1 is 1.19 bits per heavy atom. The molecule has 0 aromatic heterocycles. The fourth-order valence-electron chi connectivity index (χ4n) is 1.36. The Morgan fingerprint density at radius 3 is 2.62 bits per heavy atom. The van der Waals surface area contributed by atoms with Gasteiger partial charge in [-0.3, -0.25) is 4.79 Å². The van der Waals surface area contributed by atoms with Gasteiger partial charge in [0, 0.05) is 18.2 Å². The smallest absolute Gasteiger partial charge is 0.305 e. The number of carbonyl (C=O) groups excluding carboxylic acids is 1. The Bertz CT molecular complexity index is 298. The first kappa shape index (κ1) is 13.2. The topological polar surface area (TPSA) is 26.3 Å². The lowest BCUT2D eigenvalue weighted by Crippen LogP contribution is -2.07. The van der Waals surface area contributed by atoms with Crippen LogP contribution >= 0.6 is 15.9 Å². The van der Waals surface area contributed by atoms with Gasteiger partial charge in [0.2, 0.25) is 0 Å². The molecule has 0 aliphatic rings. The molecule has 3 heteroatoms. The van der Waals surface area contributed by atoms with Gasteiger partial charge in [0.15, 0.2) is 0 Å². The highest BCUT2D eigenvalue weighted by Crippen LogP contribution is 2.02. The lowest BCUT2D eigenvalue weighted by atomic mass is 10.2. The first-order valence-corrected chi connectivity index (χ1v) is 6.70. The minimum atomic E-state index is -0.0862. The number of carbonyl (C=O) groups is 1. The van der Waals surface area contributed by atoms with Gasteiger partial charge in [-0.15, -0.1) is 0 Å². The summed E-state index contributed by atoms with van der Waals surface area (Å²) in [7, 11) is 0. The van der Waals surface area contributed by atoms with E-state index in [1.54, 1.807) is 0 Å². The van der Waals surface area contributed by atoms with Gasteiger partial charge >= 0.3 is 5.97 Å². The summed E-state index contributed by atoms with van der Waals surface area (Å²) in [5.41, 5.74) is 1.20. The molecule has 0 fully saturated rings. The van der Waals surface area contributed by atoms with Crippen molar-refractivity contribution >= 4 is 21.9 Å². The largest absolute Gasteiger partial charge is 0.465 e. The van der Waals surface area contributed by atoms with Crippen molar-refractivity contribution in [3.63, 3.8) is 0 Å². The number of esters is 1. The molecule has 0 radical (unpaired) electrons. The van der Waals surface area contributed by atoms with Gasteiger partial charge < -0.3 is 4.74 Å². The molecule has 1 rings (SSSR count). The second-order valence-corrected chi connectivity index (χ2v) is 4.40. The molecule has 0 aliphatic carbocycles. The maximum absolute atomic E-state index is 11.3. The molecule has 0 saturated heterocycles. The quantitative estimate of drug-likeness (QED) is 0.436. The molecule has 0 N–H and O–H groups in total. The minimum absolute atomic E-state index is 0.0862. The van der Waals surface area contributed by atoms with E-state index < -0.39 is 0 Å². The monoisotopic (exact) mass is 284 g/mol. The fraction of sp³-hybridized carbons (Fsp3) is 0.462. The van der Waals surface area contributed by atoms with Gasteiger partial charge in [-0.25, -0.2) is 0 Å². The van der Waals surface area contributed by atoms with Crippen molar-refractivity contribution in [2.75, 3.05) is 11.9 Å². The summed E-state index contributed by atoms with van der Waals surface area (Å²) in [6.45, 7) is 0.483. The van der Waals surface area contributed by atoms with Gasteiger partial charge in [-0.1, -0.05) is 46.3 Å². The van der Waals surface area contributed by atoms with Crippen molar-refractivity contribution in [3.05, 3.63) is 35.9 Å². The van der Waals surface area contributed by atoms with Crippen LogP contribution < -0.4 is 0 Å². The highest BCUT2D eigenvalue weighted by atomic mass is 79.9. The first-order chi connectivity index (χ1) is 7.83. The molecule has 16 heavy (non-hydrogen) atoms. The van der Waals surface area contributed by atoms with Gasteiger partial charge in [-0.2, -0.15) is 0 Å². The summed E-state index contributed by atoms with van der Waals surface area (Å²) in [4.78, 5) is 11.3. The molecule has 1 aromatic rings. The lowest BCUT2D eigenvalue weighted by Gasteiger charge is -2.04. The number of unbranched alkanes of at least 4 members (excludes halogenated alkanes) is 1. The van der Waals surface area contributed by atoms with Crippen LogP contribution in [0.25, 0.3) is 0 Å². The Labute approximate surface area is 105 Å². The van der Waals surface area contributed by atoms with Gasteiger partial charge in [0.05, 0.1) is 6.61 Å². The third-order valence-electron chi connectivity index (χ3n) is 2.26. The second-order valence-electron chi connectivity index (χ2n) is 3.60. The third-order valence-corrected chi connectivity index (χ3v) is 2.82. The van der Waals surface area contributed by atoms with Crippen LogP contribution in [0, 0.1) is 0 Å². The number of hydrogen-bond acceptors (Lipinski definition) is 2. The van der Waals surface area contributed by atoms with Crippen LogP contribution in [0.15, 0.2) is 30.3 Å². The highest BCUT2D eigenvalue weighted by molar-refractivity contribution is 9.09. The Balaban J connectivity index is 2.09. The molecule has 0 unspecified atom stereocenters. The van der Waals surface area contributed by atoms with E-state index in [-0.39, 0.29) is 5.97 Å². The van der Waals surface area contributed by atoms with E-state index in [2.05, 4.69) is 15.9 Å². The number of halogens is 1. The van der Waals surface area contributed by atoms with E-state index >= 15 is 0 Å². The SMILES string of the molecule is O=C(CCCCBr)OCCc1ccccc1. The van der Waals surface area contributed by atoms with Gasteiger partial charge in [0.1, 0.15) is 0 Å². The molecule has 0 saturated carbocycles. The summed E-state index contributed by atoms with van der Waals surface area (Å²) in [5, 5.41) is 0.949. The zero-order valence-electron chi connectivity index (χ0n) is 9.32. The number of ether oxygens (including phenoxy) is 1. The average Bonchev–Trinajstić information content (AvgIpc) is 2.31. The molecule has 88 valence electrons. The van der Waals surface area contributed by atoms with Crippen LogP contribution in [-0.4, -0.2) is 17.9 Å². The van der Waals surface area contributed by atoms with E-state index in [1.807, 2.05) is 30.3 Å². The molecular formula is C13H17BrO2. The maximum Gasteiger partial charge on any atom is 0.305 e. The second kappa shape index (κ2) is 8.34. The molecule has 0 heterocycles. The Hall–Kier alpha value is -0.830.